The highest BCUT2D eigenvalue weighted by Gasteiger charge is 2.45. The van der Waals surface area contributed by atoms with Gasteiger partial charge in [-0.25, -0.2) is 0 Å². The predicted molar refractivity (Wildman–Crippen MR) is 62.4 cm³/mol. The highest BCUT2D eigenvalue weighted by molar-refractivity contribution is 5.72. The lowest BCUT2D eigenvalue weighted by molar-refractivity contribution is -0.196. The molecule has 0 N–H and O–H groups in total. The fraction of sp³-hybridized carbons (Fsp3) is 0.923. The van der Waals surface area contributed by atoms with Gasteiger partial charge in [0.05, 0.1) is 25.2 Å². The Morgan fingerprint density at radius 3 is 2.59 bits per heavy atom. The van der Waals surface area contributed by atoms with E-state index in [0.717, 1.165) is 32.1 Å². The van der Waals surface area contributed by atoms with Crippen LogP contribution in [0.15, 0.2) is 0 Å². The van der Waals surface area contributed by atoms with Crippen molar-refractivity contribution in [3.05, 3.63) is 0 Å². The Morgan fingerprint density at radius 1 is 1.35 bits per heavy atom. The molecule has 0 amide bonds. The van der Waals surface area contributed by atoms with E-state index in [2.05, 4.69) is 6.92 Å². The molecule has 2 fully saturated rings. The van der Waals surface area contributed by atoms with Crippen LogP contribution in [-0.2, 0) is 19.0 Å². The van der Waals surface area contributed by atoms with Gasteiger partial charge in [-0.3, -0.25) is 4.79 Å². The number of ether oxygens (including phenoxy) is 3. The molecule has 1 aliphatic heterocycles. The van der Waals surface area contributed by atoms with Gasteiger partial charge in [-0.15, -0.1) is 0 Å². The second-order valence-electron chi connectivity index (χ2n) is 4.90. The fourth-order valence-corrected chi connectivity index (χ4v) is 2.63. The predicted octanol–water partition coefficient (Wildman–Crippen LogP) is 2.26. The molecule has 1 heterocycles. The third kappa shape index (κ3) is 2.80. The van der Waals surface area contributed by atoms with Crippen LogP contribution in [0.1, 0.15) is 46.0 Å². The maximum Gasteiger partial charge on any atom is 0.308 e. The molecule has 4 nitrogen and oxygen atoms in total. The lowest BCUT2D eigenvalue weighted by atomic mass is 9.85. The van der Waals surface area contributed by atoms with E-state index in [0.29, 0.717) is 13.2 Å². The number of carbonyl (C=O) groups is 1. The normalized spacial score (nSPS) is 37.3. The van der Waals surface area contributed by atoms with E-state index in [9.17, 15) is 4.79 Å². The molecule has 0 bridgehead atoms. The smallest absolute Gasteiger partial charge is 0.308 e. The summed E-state index contributed by atoms with van der Waals surface area (Å²) in [5.74, 6) is -0.426. The summed E-state index contributed by atoms with van der Waals surface area (Å²) in [6.07, 6.45) is 4.47. The van der Waals surface area contributed by atoms with Crippen molar-refractivity contribution in [2.24, 2.45) is 5.92 Å². The van der Waals surface area contributed by atoms with Crippen LogP contribution in [0.25, 0.3) is 0 Å². The van der Waals surface area contributed by atoms with Gasteiger partial charge in [0.1, 0.15) is 0 Å². The average Bonchev–Trinajstić information content (AvgIpc) is 2.74. The van der Waals surface area contributed by atoms with Gasteiger partial charge in [-0.2, -0.15) is 0 Å². The van der Waals surface area contributed by atoms with Crippen LogP contribution in [-0.4, -0.2) is 31.1 Å². The van der Waals surface area contributed by atoms with Gasteiger partial charge < -0.3 is 14.2 Å². The van der Waals surface area contributed by atoms with Crippen molar-refractivity contribution in [1.82, 2.24) is 0 Å². The van der Waals surface area contributed by atoms with E-state index in [1.807, 2.05) is 6.92 Å². The summed E-state index contributed by atoms with van der Waals surface area (Å²) in [6.45, 7) is 5.11. The van der Waals surface area contributed by atoms with Crippen LogP contribution in [0.2, 0.25) is 0 Å². The van der Waals surface area contributed by atoms with Gasteiger partial charge in [0.25, 0.3) is 0 Å². The van der Waals surface area contributed by atoms with Crippen LogP contribution in [0, 0.1) is 5.92 Å². The fourth-order valence-electron chi connectivity index (χ4n) is 2.63. The molecule has 2 aliphatic rings. The zero-order valence-corrected chi connectivity index (χ0v) is 10.7. The van der Waals surface area contributed by atoms with Crippen molar-refractivity contribution in [2.75, 3.05) is 13.2 Å². The molecule has 0 radical (unpaired) electrons. The molecule has 0 aromatic rings. The quantitative estimate of drug-likeness (QED) is 0.712. The standard InChI is InChI=1S/C13H22O4/c1-3-11-9-16-13(17-11)7-5-10(6-8-13)12(14)15-4-2/h10-11H,3-9H2,1-2H3. The summed E-state index contributed by atoms with van der Waals surface area (Å²) in [6, 6.07) is 0. The monoisotopic (exact) mass is 242 g/mol. The van der Waals surface area contributed by atoms with Crippen molar-refractivity contribution in [2.45, 2.75) is 57.8 Å². The lowest BCUT2D eigenvalue weighted by Crippen LogP contribution is -2.38. The van der Waals surface area contributed by atoms with E-state index in [4.69, 9.17) is 14.2 Å². The largest absolute Gasteiger partial charge is 0.466 e. The minimum absolute atomic E-state index is 0.0356. The van der Waals surface area contributed by atoms with Gasteiger partial charge >= 0.3 is 5.97 Å². The average molecular weight is 242 g/mol. The Balaban J connectivity index is 1.84. The molecular weight excluding hydrogens is 220 g/mol. The minimum atomic E-state index is -0.399. The first-order valence-electron chi connectivity index (χ1n) is 6.67. The van der Waals surface area contributed by atoms with Gasteiger partial charge in [0.15, 0.2) is 5.79 Å². The summed E-state index contributed by atoms with van der Waals surface area (Å²) in [4.78, 5) is 11.6. The molecule has 0 aromatic carbocycles. The van der Waals surface area contributed by atoms with Crippen LogP contribution in [0.3, 0.4) is 0 Å². The van der Waals surface area contributed by atoms with Crippen molar-refractivity contribution < 1.29 is 19.0 Å². The van der Waals surface area contributed by atoms with E-state index >= 15 is 0 Å². The zero-order chi connectivity index (χ0) is 12.3. The first-order chi connectivity index (χ1) is 8.19. The molecule has 1 aliphatic carbocycles. The first kappa shape index (κ1) is 12.8. The molecule has 1 saturated carbocycles. The molecule has 1 atom stereocenters. The first-order valence-corrected chi connectivity index (χ1v) is 6.67. The van der Waals surface area contributed by atoms with Gasteiger partial charge in [-0.1, -0.05) is 6.92 Å². The number of carbonyl (C=O) groups excluding carboxylic acids is 1. The summed E-state index contributed by atoms with van der Waals surface area (Å²) in [5, 5.41) is 0. The van der Waals surface area contributed by atoms with Crippen molar-refractivity contribution in [3.8, 4) is 0 Å². The number of hydrogen-bond acceptors (Lipinski definition) is 4. The summed E-state index contributed by atoms with van der Waals surface area (Å²) < 4.78 is 16.8. The molecule has 1 unspecified atom stereocenters. The van der Waals surface area contributed by atoms with Crippen LogP contribution >= 0.6 is 0 Å². The van der Waals surface area contributed by atoms with Crippen molar-refractivity contribution >= 4 is 5.97 Å². The molecule has 1 spiro atoms. The Bertz CT molecular complexity index is 269. The molecule has 17 heavy (non-hydrogen) atoms. The minimum Gasteiger partial charge on any atom is -0.466 e. The number of hydrogen-bond donors (Lipinski definition) is 0. The topological polar surface area (TPSA) is 44.8 Å². The Labute approximate surface area is 103 Å². The Kier molecular flexibility index (Phi) is 4.05. The van der Waals surface area contributed by atoms with Crippen LogP contribution in [0.4, 0.5) is 0 Å². The van der Waals surface area contributed by atoms with Crippen molar-refractivity contribution in [1.29, 1.82) is 0 Å². The van der Waals surface area contributed by atoms with Crippen LogP contribution in [0.5, 0.6) is 0 Å². The summed E-state index contributed by atoms with van der Waals surface area (Å²) in [5.41, 5.74) is 0. The number of rotatable bonds is 3. The Morgan fingerprint density at radius 2 is 2.06 bits per heavy atom. The Hall–Kier alpha value is -0.610. The SMILES string of the molecule is CCOC(=O)C1CCC2(CC1)OCC(CC)O2. The van der Waals surface area contributed by atoms with E-state index in [1.165, 1.54) is 0 Å². The molecule has 0 aromatic heterocycles. The molecule has 2 rings (SSSR count). The van der Waals surface area contributed by atoms with Crippen LogP contribution < -0.4 is 0 Å². The molecule has 98 valence electrons. The second-order valence-corrected chi connectivity index (χ2v) is 4.90. The van der Waals surface area contributed by atoms with Gasteiger partial charge in [0, 0.05) is 12.8 Å². The van der Waals surface area contributed by atoms with E-state index in [1.54, 1.807) is 0 Å². The number of esters is 1. The third-order valence-electron chi connectivity index (χ3n) is 3.74. The highest BCUT2D eigenvalue weighted by Crippen LogP contribution is 2.40. The highest BCUT2D eigenvalue weighted by atomic mass is 16.7. The van der Waals surface area contributed by atoms with Crippen molar-refractivity contribution in [3.63, 3.8) is 0 Å². The zero-order valence-electron chi connectivity index (χ0n) is 10.7. The van der Waals surface area contributed by atoms with Gasteiger partial charge in [-0.05, 0) is 26.2 Å². The summed E-state index contributed by atoms with van der Waals surface area (Å²) >= 11 is 0. The molecule has 1 saturated heterocycles. The molecule has 4 heteroatoms. The van der Waals surface area contributed by atoms with Gasteiger partial charge in [0.2, 0.25) is 0 Å². The second kappa shape index (κ2) is 5.36. The van der Waals surface area contributed by atoms with E-state index < -0.39 is 5.79 Å². The molecular formula is C13H22O4. The lowest BCUT2D eigenvalue weighted by Gasteiger charge is -2.34. The third-order valence-corrected chi connectivity index (χ3v) is 3.74. The van der Waals surface area contributed by atoms with E-state index in [-0.39, 0.29) is 18.0 Å². The maximum absolute atomic E-state index is 11.6. The maximum atomic E-state index is 11.6. The summed E-state index contributed by atoms with van der Waals surface area (Å²) in [7, 11) is 0.